The molecule has 3 rings (SSSR count). The van der Waals surface area contributed by atoms with Crippen molar-refractivity contribution in [3.05, 3.63) is 48.3 Å². The van der Waals surface area contributed by atoms with Crippen molar-refractivity contribution in [2.75, 3.05) is 18.9 Å². The molecule has 1 aliphatic heterocycles. The standard InChI is InChI=1S/C17H19N3O2/c18-14-3-1-2-12(10-14)13-4-5-16(19-11-13)17(21)20-15-6-8-22-9-7-15/h1-5,10-11,15H,6-9,18H2,(H,20,21). The lowest BCUT2D eigenvalue weighted by molar-refractivity contribution is 0.0694. The molecule has 0 spiro atoms. The highest BCUT2D eigenvalue weighted by Crippen LogP contribution is 2.20. The van der Waals surface area contributed by atoms with Crippen molar-refractivity contribution < 1.29 is 9.53 Å². The Labute approximate surface area is 129 Å². The summed E-state index contributed by atoms with van der Waals surface area (Å²) in [7, 11) is 0. The van der Waals surface area contributed by atoms with E-state index >= 15 is 0 Å². The fourth-order valence-electron chi connectivity index (χ4n) is 2.52. The maximum Gasteiger partial charge on any atom is 0.270 e. The first-order valence-corrected chi connectivity index (χ1v) is 7.43. The number of hydrogen-bond donors (Lipinski definition) is 2. The molecule has 1 aliphatic rings. The number of nitrogens with zero attached hydrogens (tertiary/aromatic N) is 1. The van der Waals surface area contributed by atoms with E-state index in [2.05, 4.69) is 10.3 Å². The molecule has 0 atom stereocenters. The Kier molecular flexibility index (Phi) is 4.34. The average molecular weight is 297 g/mol. The zero-order valence-corrected chi connectivity index (χ0v) is 12.3. The Morgan fingerprint density at radius 2 is 2.00 bits per heavy atom. The van der Waals surface area contributed by atoms with Gasteiger partial charge in [0.2, 0.25) is 0 Å². The van der Waals surface area contributed by atoms with E-state index in [0.29, 0.717) is 24.6 Å². The van der Waals surface area contributed by atoms with E-state index in [0.717, 1.165) is 24.0 Å². The average Bonchev–Trinajstić information content (AvgIpc) is 2.56. The van der Waals surface area contributed by atoms with Gasteiger partial charge in [-0.2, -0.15) is 0 Å². The largest absolute Gasteiger partial charge is 0.399 e. The predicted molar refractivity (Wildman–Crippen MR) is 85.4 cm³/mol. The van der Waals surface area contributed by atoms with Crippen LogP contribution in [0, 0.1) is 0 Å². The van der Waals surface area contributed by atoms with Gasteiger partial charge in [-0.3, -0.25) is 9.78 Å². The first-order valence-electron chi connectivity index (χ1n) is 7.43. The molecule has 1 amide bonds. The molecule has 2 heterocycles. The lowest BCUT2D eigenvalue weighted by Gasteiger charge is -2.22. The van der Waals surface area contributed by atoms with Crippen LogP contribution in [0.4, 0.5) is 5.69 Å². The molecule has 1 aromatic carbocycles. The summed E-state index contributed by atoms with van der Waals surface area (Å²) >= 11 is 0. The van der Waals surface area contributed by atoms with Crippen molar-refractivity contribution in [1.82, 2.24) is 10.3 Å². The number of carbonyl (C=O) groups is 1. The van der Waals surface area contributed by atoms with Crippen molar-refractivity contribution >= 4 is 11.6 Å². The number of anilines is 1. The number of aromatic nitrogens is 1. The second kappa shape index (κ2) is 6.58. The van der Waals surface area contributed by atoms with E-state index in [1.807, 2.05) is 30.3 Å². The second-order valence-corrected chi connectivity index (χ2v) is 5.42. The van der Waals surface area contributed by atoms with Crippen LogP contribution in [0.25, 0.3) is 11.1 Å². The maximum absolute atomic E-state index is 12.2. The molecular formula is C17H19N3O2. The van der Waals surface area contributed by atoms with Gasteiger partial charge in [0.25, 0.3) is 5.91 Å². The topological polar surface area (TPSA) is 77.2 Å². The van der Waals surface area contributed by atoms with Crippen LogP contribution in [0.1, 0.15) is 23.3 Å². The third-order valence-electron chi connectivity index (χ3n) is 3.77. The minimum atomic E-state index is -0.133. The number of pyridine rings is 1. The highest BCUT2D eigenvalue weighted by molar-refractivity contribution is 5.92. The summed E-state index contributed by atoms with van der Waals surface area (Å²) in [5.74, 6) is -0.133. The van der Waals surface area contributed by atoms with Crippen LogP contribution >= 0.6 is 0 Å². The molecule has 5 heteroatoms. The third-order valence-corrected chi connectivity index (χ3v) is 3.77. The minimum absolute atomic E-state index is 0.133. The van der Waals surface area contributed by atoms with E-state index in [9.17, 15) is 4.79 Å². The van der Waals surface area contributed by atoms with Gasteiger partial charge in [0.05, 0.1) is 0 Å². The van der Waals surface area contributed by atoms with Crippen LogP contribution in [-0.4, -0.2) is 30.1 Å². The number of nitrogens with two attached hydrogens (primary N) is 1. The van der Waals surface area contributed by atoms with E-state index in [1.54, 1.807) is 12.3 Å². The van der Waals surface area contributed by atoms with Crippen molar-refractivity contribution in [2.45, 2.75) is 18.9 Å². The van der Waals surface area contributed by atoms with Gasteiger partial charge in [0, 0.05) is 36.7 Å². The fraction of sp³-hybridized carbons (Fsp3) is 0.294. The second-order valence-electron chi connectivity index (χ2n) is 5.42. The molecule has 0 radical (unpaired) electrons. The van der Waals surface area contributed by atoms with Gasteiger partial charge in [-0.15, -0.1) is 0 Å². The highest BCUT2D eigenvalue weighted by atomic mass is 16.5. The van der Waals surface area contributed by atoms with Gasteiger partial charge in [-0.25, -0.2) is 0 Å². The molecule has 1 fully saturated rings. The lowest BCUT2D eigenvalue weighted by atomic mass is 10.1. The highest BCUT2D eigenvalue weighted by Gasteiger charge is 2.17. The van der Waals surface area contributed by atoms with E-state index in [1.165, 1.54) is 0 Å². The number of ether oxygens (including phenoxy) is 1. The molecule has 5 nitrogen and oxygen atoms in total. The van der Waals surface area contributed by atoms with Gasteiger partial charge in [0.15, 0.2) is 0 Å². The monoisotopic (exact) mass is 297 g/mol. The number of nitrogens with one attached hydrogen (secondary N) is 1. The van der Waals surface area contributed by atoms with E-state index < -0.39 is 0 Å². The maximum atomic E-state index is 12.2. The predicted octanol–water partition coefficient (Wildman–Crippen LogP) is 2.24. The molecule has 3 N–H and O–H groups in total. The summed E-state index contributed by atoms with van der Waals surface area (Å²) in [6.07, 6.45) is 3.41. The smallest absolute Gasteiger partial charge is 0.270 e. The lowest BCUT2D eigenvalue weighted by Crippen LogP contribution is -2.39. The SMILES string of the molecule is Nc1cccc(-c2ccc(C(=O)NC3CCOCC3)nc2)c1. The number of carbonyl (C=O) groups excluding carboxylic acids is 1. The molecule has 0 saturated carbocycles. The molecule has 0 aliphatic carbocycles. The van der Waals surface area contributed by atoms with Gasteiger partial charge < -0.3 is 15.8 Å². The van der Waals surface area contributed by atoms with Crippen LogP contribution < -0.4 is 11.1 Å². The first kappa shape index (κ1) is 14.5. The van der Waals surface area contributed by atoms with Crippen LogP contribution in [0.5, 0.6) is 0 Å². The van der Waals surface area contributed by atoms with Crippen LogP contribution in [-0.2, 0) is 4.74 Å². The third kappa shape index (κ3) is 3.43. The summed E-state index contributed by atoms with van der Waals surface area (Å²) in [6, 6.07) is 11.4. The first-order chi connectivity index (χ1) is 10.7. The molecular weight excluding hydrogens is 278 g/mol. The molecule has 1 saturated heterocycles. The number of rotatable bonds is 3. The van der Waals surface area contributed by atoms with Gasteiger partial charge in [-0.1, -0.05) is 18.2 Å². The summed E-state index contributed by atoms with van der Waals surface area (Å²) < 4.78 is 5.28. The van der Waals surface area contributed by atoms with Gasteiger partial charge in [-0.05, 0) is 36.6 Å². The zero-order valence-electron chi connectivity index (χ0n) is 12.3. The summed E-state index contributed by atoms with van der Waals surface area (Å²) in [5.41, 5.74) is 8.85. The number of benzene rings is 1. The number of nitrogen functional groups attached to an aromatic ring is 1. The fourth-order valence-corrected chi connectivity index (χ4v) is 2.52. The minimum Gasteiger partial charge on any atom is -0.399 e. The molecule has 0 bridgehead atoms. The number of amides is 1. The molecule has 0 unspecified atom stereocenters. The molecule has 2 aromatic rings. The van der Waals surface area contributed by atoms with Gasteiger partial charge in [0.1, 0.15) is 5.69 Å². The summed E-state index contributed by atoms with van der Waals surface area (Å²) in [6.45, 7) is 1.40. The summed E-state index contributed by atoms with van der Waals surface area (Å²) in [5, 5.41) is 3.00. The van der Waals surface area contributed by atoms with Crippen LogP contribution in [0.3, 0.4) is 0 Å². The van der Waals surface area contributed by atoms with Crippen LogP contribution in [0.15, 0.2) is 42.6 Å². The summed E-state index contributed by atoms with van der Waals surface area (Å²) in [4.78, 5) is 16.4. The Morgan fingerprint density at radius 1 is 1.18 bits per heavy atom. The van der Waals surface area contributed by atoms with Gasteiger partial charge >= 0.3 is 0 Å². The Bertz CT molecular complexity index is 649. The van der Waals surface area contributed by atoms with Crippen LogP contribution in [0.2, 0.25) is 0 Å². The van der Waals surface area contributed by atoms with Crippen molar-refractivity contribution in [2.24, 2.45) is 0 Å². The zero-order chi connectivity index (χ0) is 15.4. The normalized spacial score (nSPS) is 15.5. The van der Waals surface area contributed by atoms with Crippen molar-refractivity contribution in [3.63, 3.8) is 0 Å². The number of hydrogen-bond acceptors (Lipinski definition) is 4. The molecule has 114 valence electrons. The van der Waals surface area contributed by atoms with Crippen molar-refractivity contribution in [1.29, 1.82) is 0 Å². The molecule has 1 aromatic heterocycles. The van der Waals surface area contributed by atoms with E-state index in [4.69, 9.17) is 10.5 Å². The quantitative estimate of drug-likeness (QED) is 0.852. The Hall–Kier alpha value is -2.40. The van der Waals surface area contributed by atoms with E-state index in [-0.39, 0.29) is 11.9 Å². The Balaban J connectivity index is 1.69. The Morgan fingerprint density at radius 3 is 2.68 bits per heavy atom. The van der Waals surface area contributed by atoms with Crippen molar-refractivity contribution in [3.8, 4) is 11.1 Å². The molecule has 22 heavy (non-hydrogen) atoms.